The van der Waals surface area contributed by atoms with Gasteiger partial charge < -0.3 is 14.3 Å². The van der Waals surface area contributed by atoms with Crippen LogP contribution in [-0.4, -0.2) is 27.4 Å². The fourth-order valence-corrected chi connectivity index (χ4v) is 2.91. The molecule has 3 rings (SSSR count). The van der Waals surface area contributed by atoms with Gasteiger partial charge in [-0.1, -0.05) is 22.0 Å². The van der Waals surface area contributed by atoms with Crippen molar-refractivity contribution < 1.29 is 19.1 Å². The summed E-state index contributed by atoms with van der Waals surface area (Å²) in [4.78, 5) is 23.2. The zero-order valence-corrected chi connectivity index (χ0v) is 14.3. The summed E-state index contributed by atoms with van der Waals surface area (Å²) in [6.45, 7) is 0. The number of nitrogens with zero attached hydrogens (tertiary/aromatic N) is 1. The molecule has 0 aliphatic heterocycles. The number of halogens is 1. The molecule has 1 aliphatic carbocycles. The number of aromatic hydroxyl groups is 1. The average Bonchev–Trinajstić information content (AvgIpc) is 2.85. The number of hydrogen-bond acceptors (Lipinski definition) is 5. The Labute approximate surface area is 145 Å². The van der Waals surface area contributed by atoms with Crippen LogP contribution >= 0.6 is 15.9 Å². The van der Waals surface area contributed by atoms with E-state index in [-0.39, 0.29) is 22.3 Å². The molecule has 1 aromatic heterocycles. The molecule has 124 valence electrons. The SMILES string of the molecule is COc1ccc(-n2c(O)c(C=C3C=CC(=O)C(Br)C3)oc2=O)cc1. The highest BCUT2D eigenvalue weighted by Crippen LogP contribution is 2.27. The van der Waals surface area contributed by atoms with Crippen LogP contribution < -0.4 is 10.5 Å². The predicted molar refractivity (Wildman–Crippen MR) is 92.0 cm³/mol. The molecule has 0 radical (unpaired) electrons. The molecule has 1 aliphatic rings. The lowest BCUT2D eigenvalue weighted by Crippen LogP contribution is -2.15. The molecule has 1 aromatic carbocycles. The molecule has 2 aromatic rings. The van der Waals surface area contributed by atoms with Crippen LogP contribution in [0.15, 0.2) is 51.2 Å². The van der Waals surface area contributed by atoms with Crippen LogP contribution in [0.2, 0.25) is 0 Å². The first-order valence-electron chi connectivity index (χ1n) is 7.15. The van der Waals surface area contributed by atoms with Gasteiger partial charge in [-0.15, -0.1) is 0 Å². The lowest BCUT2D eigenvalue weighted by atomic mass is 10.0. The molecular weight excluding hydrogens is 378 g/mol. The molecule has 1 atom stereocenters. The number of hydrogen-bond donors (Lipinski definition) is 1. The fraction of sp³-hybridized carbons (Fsp3) is 0.176. The van der Waals surface area contributed by atoms with Gasteiger partial charge in [0.1, 0.15) is 5.75 Å². The Balaban J connectivity index is 1.99. The zero-order chi connectivity index (χ0) is 17.3. The van der Waals surface area contributed by atoms with Crippen LogP contribution in [0.1, 0.15) is 12.2 Å². The Hall–Kier alpha value is -2.54. The van der Waals surface area contributed by atoms with E-state index in [1.807, 2.05) is 0 Å². The van der Waals surface area contributed by atoms with Gasteiger partial charge in [0.25, 0.3) is 0 Å². The van der Waals surface area contributed by atoms with Crippen molar-refractivity contribution >= 4 is 27.8 Å². The maximum atomic E-state index is 12.1. The Morgan fingerprint density at radius 3 is 2.62 bits per heavy atom. The highest BCUT2D eigenvalue weighted by Gasteiger charge is 2.20. The van der Waals surface area contributed by atoms with E-state index in [0.29, 0.717) is 17.9 Å². The van der Waals surface area contributed by atoms with Gasteiger partial charge in [-0.2, -0.15) is 0 Å². The fourth-order valence-electron chi connectivity index (χ4n) is 2.38. The van der Waals surface area contributed by atoms with E-state index < -0.39 is 5.76 Å². The van der Waals surface area contributed by atoms with Crippen molar-refractivity contribution in [3.05, 3.63) is 58.3 Å². The molecule has 1 heterocycles. The minimum Gasteiger partial charge on any atom is -0.497 e. The van der Waals surface area contributed by atoms with E-state index in [4.69, 9.17) is 9.15 Å². The Morgan fingerprint density at radius 1 is 1.29 bits per heavy atom. The van der Waals surface area contributed by atoms with Crippen LogP contribution in [0, 0.1) is 0 Å². The molecule has 0 fully saturated rings. The number of alkyl halides is 1. The number of aromatic nitrogens is 1. The first-order chi connectivity index (χ1) is 11.5. The minimum atomic E-state index is -0.698. The lowest BCUT2D eigenvalue weighted by Gasteiger charge is -2.11. The number of carbonyl (C=O) groups excluding carboxylic acids is 1. The van der Waals surface area contributed by atoms with Gasteiger partial charge in [0.05, 0.1) is 17.6 Å². The minimum absolute atomic E-state index is 0.0198. The van der Waals surface area contributed by atoms with Crippen molar-refractivity contribution in [2.24, 2.45) is 0 Å². The van der Waals surface area contributed by atoms with E-state index in [1.54, 1.807) is 43.5 Å². The van der Waals surface area contributed by atoms with E-state index >= 15 is 0 Å². The van der Waals surface area contributed by atoms with Crippen molar-refractivity contribution in [1.82, 2.24) is 4.57 Å². The molecule has 7 heteroatoms. The largest absolute Gasteiger partial charge is 0.497 e. The summed E-state index contributed by atoms with van der Waals surface area (Å²) in [6.07, 6.45) is 5.09. The van der Waals surface area contributed by atoms with Gasteiger partial charge in [0.2, 0.25) is 5.88 Å². The second kappa shape index (κ2) is 6.52. The number of rotatable bonds is 3. The third-order valence-corrected chi connectivity index (χ3v) is 4.42. The first kappa shape index (κ1) is 16.3. The van der Waals surface area contributed by atoms with E-state index in [1.165, 1.54) is 6.08 Å². The van der Waals surface area contributed by atoms with Gasteiger partial charge in [0, 0.05) is 0 Å². The normalized spacial score (nSPS) is 19.0. The number of allylic oxidation sites excluding steroid dienone is 3. The molecule has 1 unspecified atom stereocenters. The van der Waals surface area contributed by atoms with E-state index in [9.17, 15) is 14.7 Å². The molecule has 0 saturated carbocycles. The van der Waals surface area contributed by atoms with Crippen molar-refractivity contribution in [2.45, 2.75) is 11.2 Å². The van der Waals surface area contributed by atoms with Gasteiger partial charge in [-0.05, 0) is 48.4 Å². The standard InChI is InChI=1S/C17H14BrNO5/c1-23-12-5-3-11(4-6-12)19-16(21)15(24-17(19)22)9-10-2-7-14(20)13(18)8-10/h2-7,9,13,21H,8H2,1H3. The molecule has 0 spiro atoms. The van der Waals surface area contributed by atoms with Gasteiger partial charge in [-0.25, -0.2) is 9.36 Å². The first-order valence-corrected chi connectivity index (χ1v) is 8.07. The number of methoxy groups -OCH3 is 1. The molecule has 1 N–H and O–H groups in total. The lowest BCUT2D eigenvalue weighted by molar-refractivity contribution is -0.114. The predicted octanol–water partition coefficient (Wildman–Crippen LogP) is 2.82. The van der Waals surface area contributed by atoms with Gasteiger partial charge in [0.15, 0.2) is 11.5 Å². The monoisotopic (exact) mass is 391 g/mol. The molecule has 0 amide bonds. The topological polar surface area (TPSA) is 81.7 Å². The summed E-state index contributed by atoms with van der Waals surface area (Å²) in [6, 6.07) is 6.63. The average molecular weight is 392 g/mol. The summed E-state index contributed by atoms with van der Waals surface area (Å²) in [5.74, 6) is -0.333. The number of ether oxygens (including phenoxy) is 1. The summed E-state index contributed by atoms with van der Waals surface area (Å²) in [5, 5.41) is 10.3. The maximum Gasteiger partial charge on any atom is 0.427 e. The Bertz CT molecular complexity index is 889. The number of benzene rings is 1. The zero-order valence-electron chi connectivity index (χ0n) is 12.7. The van der Waals surface area contributed by atoms with Crippen LogP contribution in [0.4, 0.5) is 0 Å². The van der Waals surface area contributed by atoms with Crippen LogP contribution in [-0.2, 0) is 4.79 Å². The molecule has 0 bridgehead atoms. The molecule has 0 saturated heterocycles. The smallest absolute Gasteiger partial charge is 0.427 e. The highest BCUT2D eigenvalue weighted by atomic mass is 79.9. The van der Waals surface area contributed by atoms with Gasteiger partial charge in [-0.3, -0.25) is 4.79 Å². The number of oxazole rings is 1. The Kier molecular flexibility index (Phi) is 4.44. The number of ketones is 1. The molecule has 24 heavy (non-hydrogen) atoms. The van der Waals surface area contributed by atoms with Crippen molar-refractivity contribution in [3.63, 3.8) is 0 Å². The van der Waals surface area contributed by atoms with E-state index in [2.05, 4.69) is 15.9 Å². The summed E-state index contributed by atoms with van der Waals surface area (Å²) >= 11 is 3.28. The Morgan fingerprint density at radius 2 is 2.00 bits per heavy atom. The van der Waals surface area contributed by atoms with Crippen molar-refractivity contribution in [3.8, 4) is 17.3 Å². The van der Waals surface area contributed by atoms with Crippen LogP contribution in [0.25, 0.3) is 11.8 Å². The maximum absolute atomic E-state index is 12.1. The van der Waals surface area contributed by atoms with Crippen LogP contribution in [0.3, 0.4) is 0 Å². The van der Waals surface area contributed by atoms with Crippen molar-refractivity contribution in [2.75, 3.05) is 7.11 Å². The summed E-state index contributed by atoms with van der Waals surface area (Å²) in [5.41, 5.74) is 1.22. The van der Waals surface area contributed by atoms with Gasteiger partial charge >= 0.3 is 5.76 Å². The number of carbonyl (C=O) groups is 1. The van der Waals surface area contributed by atoms with E-state index in [0.717, 1.165) is 10.1 Å². The van der Waals surface area contributed by atoms with Crippen LogP contribution in [0.5, 0.6) is 11.6 Å². The third-order valence-electron chi connectivity index (χ3n) is 3.64. The van der Waals surface area contributed by atoms with Crippen molar-refractivity contribution in [1.29, 1.82) is 0 Å². The second-order valence-electron chi connectivity index (χ2n) is 5.22. The summed E-state index contributed by atoms with van der Waals surface area (Å²) in [7, 11) is 1.54. The molecule has 6 nitrogen and oxygen atoms in total. The quantitative estimate of drug-likeness (QED) is 0.813. The summed E-state index contributed by atoms with van der Waals surface area (Å²) < 4.78 is 11.3. The molecular formula is C17H14BrNO5. The highest BCUT2D eigenvalue weighted by molar-refractivity contribution is 9.10. The third kappa shape index (κ3) is 3.07. The second-order valence-corrected chi connectivity index (χ2v) is 6.32.